The lowest BCUT2D eigenvalue weighted by molar-refractivity contribution is 0.900. The van der Waals surface area contributed by atoms with E-state index in [1.54, 1.807) is 0 Å². The van der Waals surface area contributed by atoms with E-state index in [9.17, 15) is 0 Å². The summed E-state index contributed by atoms with van der Waals surface area (Å²) in [5.74, 6) is 0. The van der Waals surface area contributed by atoms with Crippen molar-refractivity contribution < 1.29 is 0 Å². The highest BCUT2D eigenvalue weighted by molar-refractivity contribution is 9.11. The highest BCUT2D eigenvalue weighted by atomic mass is 79.9. The Balaban J connectivity index is 2.63. The summed E-state index contributed by atoms with van der Waals surface area (Å²) in [6.07, 6.45) is 5.05. The largest absolute Gasteiger partial charge is 0.289 e. The molecule has 44 valence electrons. The van der Waals surface area contributed by atoms with Crippen LogP contribution in [0.5, 0.6) is 0 Å². The summed E-state index contributed by atoms with van der Waals surface area (Å²) in [5.41, 5.74) is 0. The molecule has 0 saturated carbocycles. The number of allylic oxidation sites excluding steroid dienone is 1. The monoisotopic (exact) mass is 173 g/mol. The summed E-state index contributed by atoms with van der Waals surface area (Å²) in [6, 6.07) is 0.351. The molecule has 0 aliphatic carbocycles. The van der Waals surface area contributed by atoms with E-state index < -0.39 is 0 Å². The zero-order valence-electron chi connectivity index (χ0n) is 4.76. The van der Waals surface area contributed by atoms with Gasteiger partial charge in [-0.05, 0) is 6.92 Å². The van der Waals surface area contributed by atoms with Gasteiger partial charge in [0.2, 0.25) is 0 Å². The van der Waals surface area contributed by atoms with Gasteiger partial charge in [-0.2, -0.15) is 0 Å². The Morgan fingerprint density at radius 1 is 1.88 bits per heavy atom. The molecular formula is C6H8BrN. The Morgan fingerprint density at radius 2 is 2.62 bits per heavy atom. The zero-order chi connectivity index (χ0) is 5.98. The first-order valence-electron chi connectivity index (χ1n) is 2.68. The van der Waals surface area contributed by atoms with E-state index >= 15 is 0 Å². The first kappa shape index (κ1) is 6.02. The Kier molecular flexibility index (Phi) is 1.84. The van der Waals surface area contributed by atoms with Crippen molar-refractivity contribution in [2.45, 2.75) is 19.4 Å². The van der Waals surface area contributed by atoms with E-state index in [0.717, 1.165) is 6.42 Å². The average molecular weight is 174 g/mol. The van der Waals surface area contributed by atoms with Gasteiger partial charge in [0.1, 0.15) is 0 Å². The smallest absolute Gasteiger partial charge is 0.0778 e. The fourth-order valence-electron chi connectivity index (χ4n) is 0.626. The molecule has 1 atom stereocenters. The van der Waals surface area contributed by atoms with Gasteiger partial charge in [0.15, 0.2) is 0 Å². The quantitative estimate of drug-likeness (QED) is 0.533. The second-order valence-corrected chi connectivity index (χ2v) is 2.75. The lowest BCUT2D eigenvalue weighted by atomic mass is 10.2. The molecule has 0 fully saturated rings. The number of rotatable bonds is 0. The van der Waals surface area contributed by atoms with Gasteiger partial charge < -0.3 is 0 Å². The fraction of sp³-hybridized carbons (Fsp3) is 0.500. The molecule has 0 bridgehead atoms. The van der Waals surface area contributed by atoms with Crippen LogP contribution >= 0.6 is 15.9 Å². The molecule has 0 aromatic carbocycles. The maximum absolute atomic E-state index is 4.17. The van der Waals surface area contributed by atoms with Crippen molar-refractivity contribution in [1.82, 2.24) is 0 Å². The van der Waals surface area contributed by atoms with Gasteiger partial charge in [-0.1, -0.05) is 22.0 Å². The minimum Gasteiger partial charge on any atom is -0.289 e. The van der Waals surface area contributed by atoms with Crippen LogP contribution in [0.15, 0.2) is 15.6 Å². The zero-order valence-corrected chi connectivity index (χ0v) is 6.35. The molecule has 0 N–H and O–H groups in total. The molecule has 1 aliphatic rings. The van der Waals surface area contributed by atoms with Crippen LogP contribution in [-0.4, -0.2) is 12.3 Å². The van der Waals surface area contributed by atoms with Gasteiger partial charge >= 0.3 is 0 Å². The minimum absolute atomic E-state index is 0.351. The van der Waals surface area contributed by atoms with Gasteiger partial charge in [-0.15, -0.1) is 0 Å². The maximum Gasteiger partial charge on any atom is 0.0778 e. The van der Waals surface area contributed by atoms with Crippen LogP contribution in [0.25, 0.3) is 0 Å². The molecule has 0 spiro atoms. The molecule has 1 heterocycles. The Bertz CT molecular complexity index is 137. The molecule has 8 heavy (non-hydrogen) atoms. The number of halogens is 1. The summed E-state index contributed by atoms with van der Waals surface area (Å²) >= 11 is 3.40. The molecule has 1 unspecified atom stereocenters. The Morgan fingerprint density at radius 3 is 3.00 bits per heavy atom. The van der Waals surface area contributed by atoms with Gasteiger partial charge in [-0.3, -0.25) is 4.99 Å². The van der Waals surface area contributed by atoms with E-state index in [1.165, 1.54) is 4.48 Å². The lowest BCUT2D eigenvalue weighted by Gasteiger charge is -2.07. The van der Waals surface area contributed by atoms with Crippen molar-refractivity contribution in [3.8, 4) is 0 Å². The number of aliphatic imine (C=N–C) groups is 1. The van der Waals surface area contributed by atoms with Gasteiger partial charge in [0.25, 0.3) is 0 Å². The van der Waals surface area contributed by atoms with E-state index in [-0.39, 0.29) is 0 Å². The van der Waals surface area contributed by atoms with Crippen LogP contribution in [0.3, 0.4) is 0 Å². The first-order chi connectivity index (χ1) is 3.80. The normalized spacial score (nSPS) is 27.8. The van der Waals surface area contributed by atoms with Crippen molar-refractivity contribution >= 4 is 22.1 Å². The average Bonchev–Trinajstić information content (AvgIpc) is 1.77. The second kappa shape index (κ2) is 2.44. The number of hydrogen-bond donors (Lipinski definition) is 0. The second-order valence-electron chi connectivity index (χ2n) is 1.83. The summed E-state index contributed by atoms with van der Waals surface area (Å²) in [6.45, 7) is 2.07. The van der Waals surface area contributed by atoms with Crippen LogP contribution in [0.2, 0.25) is 0 Å². The predicted molar refractivity (Wildman–Crippen MR) is 39.6 cm³/mol. The standard InChI is InChI=1S/C6H8BrN/c1-5-6(7)3-2-4-8-5/h3-5H,2H2,1H3. The topological polar surface area (TPSA) is 12.4 Å². The van der Waals surface area contributed by atoms with Crippen LogP contribution < -0.4 is 0 Å². The third-order valence-corrected chi connectivity index (χ3v) is 2.13. The van der Waals surface area contributed by atoms with E-state index in [2.05, 4.69) is 33.9 Å². The molecule has 2 heteroatoms. The number of hydrogen-bond acceptors (Lipinski definition) is 1. The highest BCUT2D eigenvalue weighted by Crippen LogP contribution is 2.16. The van der Waals surface area contributed by atoms with Crippen molar-refractivity contribution in [1.29, 1.82) is 0 Å². The van der Waals surface area contributed by atoms with Crippen molar-refractivity contribution in [3.05, 3.63) is 10.6 Å². The SMILES string of the molecule is CC1N=CCC=C1Br. The predicted octanol–water partition coefficient (Wildman–Crippen LogP) is 2.13. The highest BCUT2D eigenvalue weighted by Gasteiger charge is 2.03. The van der Waals surface area contributed by atoms with Gasteiger partial charge in [0.05, 0.1) is 6.04 Å². The molecule has 0 aromatic heterocycles. The molecule has 1 aliphatic heterocycles. The van der Waals surface area contributed by atoms with E-state index in [0.29, 0.717) is 6.04 Å². The van der Waals surface area contributed by atoms with Crippen LogP contribution in [0.1, 0.15) is 13.3 Å². The first-order valence-corrected chi connectivity index (χ1v) is 3.47. The minimum atomic E-state index is 0.351. The molecular weight excluding hydrogens is 166 g/mol. The van der Waals surface area contributed by atoms with E-state index in [4.69, 9.17) is 0 Å². The molecule has 1 rings (SSSR count). The number of nitrogens with zero attached hydrogens (tertiary/aromatic N) is 1. The van der Waals surface area contributed by atoms with Gasteiger partial charge in [-0.25, -0.2) is 0 Å². The van der Waals surface area contributed by atoms with Crippen LogP contribution in [0.4, 0.5) is 0 Å². The Hall–Kier alpha value is -0.110. The lowest BCUT2D eigenvalue weighted by Crippen LogP contribution is -2.01. The molecule has 0 aromatic rings. The van der Waals surface area contributed by atoms with Crippen molar-refractivity contribution in [2.24, 2.45) is 4.99 Å². The molecule has 1 nitrogen and oxygen atoms in total. The summed E-state index contributed by atoms with van der Waals surface area (Å²) in [5, 5.41) is 0. The van der Waals surface area contributed by atoms with Gasteiger partial charge in [0, 0.05) is 17.1 Å². The number of dihydropyridines is 1. The summed E-state index contributed by atoms with van der Waals surface area (Å²) < 4.78 is 1.21. The Labute approximate surface area is 57.6 Å². The molecule has 0 amide bonds. The third-order valence-electron chi connectivity index (χ3n) is 1.15. The van der Waals surface area contributed by atoms with Crippen LogP contribution in [-0.2, 0) is 0 Å². The molecule has 0 saturated heterocycles. The van der Waals surface area contributed by atoms with E-state index in [1.807, 2.05) is 6.21 Å². The fourth-order valence-corrected chi connectivity index (χ4v) is 0.931. The summed E-state index contributed by atoms with van der Waals surface area (Å²) in [4.78, 5) is 4.17. The maximum atomic E-state index is 4.17. The summed E-state index contributed by atoms with van der Waals surface area (Å²) in [7, 11) is 0. The van der Waals surface area contributed by atoms with Crippen LogP contribution in [0, 0.1) is 0 Å². The molecule has 0 radical (unpaired) electrons. The van der Waals surface area contributed by atoms with Crippen molar-refractivity contribution in [3.63, 3.8) is 0 Å². The van der Waals surface area contributed by atoms with Crippen molar-refractivity contribution in [2.75, 3.05) is 0 Å². The third kappa shape index (κ3) is 1.19.